The van der Waals surface area contributed by atoms with Crippen molar-refractivity contribution in [3.05, 3.63) is 24.3 Å². The van der Waals surface area contributed by atoms with Crippen molar-refractivity contribution in [3.8, 4) is 0 Å². The molecule has 0 aliphatic rings. The quantitative estimate of drug-likeness (QED) is 0.261. The van der Waals surface area contributed by atoms with Crippen LogP contribution in [-0.4, -0.2) is 5.88 Å². The summed E-state index contributed by atoms with van der Waals surface area (Å²) in [6, 6.07) is 0. The van der Waals surface area contributed by atoms with E-state index >= 15 is 0 Å². The summed E-state index contributed by atoms with van der Waals surface area (Å²) in [7, 11) is 0. The molecule has 0 rings (SSSR count). The lowest BCUT2D eigenvalue weighted by molar-refractivity contribution is 0.634. The molecule has 0 saturated heterocycles. The van der Waals surface area contributed by atoms with E-state index in [0.717, 1.165) is 11.8 Å². The normalized spacial score (nSPS) is 13.9. The van der Waals surface area contributed by atoms with Crippen molar-refractivity contribution in [2.45, 2.75) is 58.8 Å². The molecule has 1 heteroatoms. The van der Waals surface area contributed by atoms with Crippen molar-refractivity contribution in [3.63, 3.8) is 0 Å². The highest BCUT2D eigenvalue weighted by molar-refractivity contribution is 6.17. The molecule has 1 unspecified atom stereocenters. The maximum atomic E-state index is 5.62. The predicted molar refractivity (Wildman–Crippen MR) is 76.2 cm³/mol. The standard InChI is InChI=1S/C15H27Cl/c1-3-12-15(2)13-10-8-6-4-5-7-9-11-14-16/h6,8,10,13,15H,3-5,7,9,11-12,14H2,1-2H3/b8-6+,13-10+. The van der Waals surface area contributed by atoms with Gasteiger partial charge in [-0.25, -0.2) is 0 Å². The van der Waals surface area contributed by atoms with Gasteiger partial charge in [-0.15, -0.1) is 11.6 Å². The predicted octanol–water partition coefficient (Wildman–Crippen LogP) is 5.72. The van der Waals surface area contributed by atoms with Gasteiger partial charge in [0.1, 0.15) is 0 Å². The molecule has 0 aromatic heterocycles. The van der Waals surface area contributed by atoms with Gasteiger partial charge in [-0.3, -0.25) is 0 Å². The molecule has 0 heterocycles. The SMILES string of the molecule is CCCC(C)/C=C/C=C/CCCCCCCl. The lowest BCUT2D eigenvalue weighted by Crippen LogP contribution is -1.86. The molecule has 0 aromatic carbocycles. The van der Waals surface area contributed by atoms with Crippen LogP contribution in [0.2, 0.25) is 0 Å². The summed E-state index contributed by atoms with van der Waals surface area (Å²) in [5.41, 5.74) is 0. The molecule has 0 aromatic rings. The number of hydrogen-bond donors (Lipinski definition) is 0. The van der Waals surface area contributed by atoms with Crippen LogP contribution in [-0.2, 0) is 0 Å². The first kappa shape index (κ1) is 15.8. The maximum Gasteiger partial charge on any atom is 0.0223 e. The highest BCUT2D eigenvalue weighted by atomic mass is 35.5. The Bertz CT molecular complexity index is 182. The second-order valence-electron chi connectivity index (χ2n) is 4.47. The summed E-state index contributed by atoms with van der Waals surface area (Å²) >= 11 is 5.62. The van der Waals surface area contributed by atoms with Crippen LogP contribution >= 0.6 is 11.6 Å². The van der Waals surface area contributed by atoms with Gasteiger partial charge >= 0.3 is 0 Å². The molecule has 0 aliphatic carbocycles. The molecule has 0 saturated carbocycles. The molecule has 0 radical (unpaired) electrons. The zero-order valence-electron chi connectivity index (χ0n) is 10.9. The molecule has 0 nitrogen and oxygen atoms in total. The van der Waals surface area contributed by atoms with E-state index in [1.54, 1.807) is 0 Å². The summed E-state index contributed by atoms with van der Waals surface area (Å²) in [5.74, 6) is 1.53. The van der Waals surface area contributed by atoms with Gasteiger partial charge in [0.25, 0.3) is 0 Å². The molecule has 0 aliphatic heterocycles. The number of halogens is 1. The lowest BCUT2D eigenvalue weighted by Gasteiger charge is -2.00. The smallest absolute Gasteiger partial charge is 0.0223 e. The van der Waals surface area contributed by atoms with Crippen LogP contribution in [0.15, 0.2) is 24.3 Å². The molecule has 0 N–H and O–H groups in total. The van der Waals surface area contributed by atoms with Crippen LogP contribution in [0.3, 0.4) is 0 Å². The summed E-state index contributed by atoms with van der Waals surface area (Å²) in [6.07, 6.45) is 17.8. The largest absolute Gasteiger partial charge is 0.127 e. The minimum atomic E-state index is 0.721. The molecule has 16 heavy (non-hydrogen) atoms. The summed E-state index contributed by atoms with van der Waals surface area (Å²) in [4.78, 5) is 0. The van der Waals surface area contributed by atoms with Gasteiger partial charge < -0.3 is 0 Å². The van der Waals surface area contributed by atoms with E-state index < -0.39 is 0 Å². The van der Waals surface area contributed by atoms with Crippen LogP contribution < -0.4 is 0 Å². The Labute approximate surface area is 107 Å². The van der Waals surface area contributed by atoms with Crippen LogP contribution in [0.4, 0.5) is 0 Å². The van der Waals surface area contributed by atoms with Crippen molar-refractivity contribution in [1.29, 1.82) is 0 Å². The Morgan fingerprint density at radius 3 is 2.50 bits per heavy atom. The molecule has 0 fully saturated rings. The third kappa shape index (κ3) is 11.8. The fraction of sp³-hybridized carbons (Fsp3) is 0.733. The number of rotatable bonds is 10. The zero-order chi connectivity index (χ0) is 12.1. The van der Waals surface area contributed by atoms with Crippen LogP contribution in [0.25, 0.3) is 0 Å². The Hall–Kier alpha value is -0.230. The molecular weight excluding hydrogens is 216 g/mol. The van der Waals surface area contributed by atoms with Crippen molar-refractivity contribution in [2.75, 3.05) is 5.88 Å². The third-order valence-corrected chi connectivity index (χ3v) is 2.95. The molecular formula is C15H27Cl. The first-order valence-electron chi connectivity index (χ1n) is 6.70. The highest BCUT2D eigenvalue weighted by Crippen LogP contribution is 2.07. The van der Waals surface area contributed by atoms with Gasteiger partial charge in [0.15, 0.2) is 0 Å². The van der Waals surface area contributed by atoms with Crippen LogP contribution in [0.1, 0.15) is 58.8 Å². The first-order valence-corrected chi connectivity index (χ1v) is 7.24. The summed E-state index contributed by atoms with van der Waals surface area (Å²) in [6.45, 7) is 4.51. The van der Waals surface area contributed by atoms with Gasteiger partial charge in [-0.1, -0.05) is 57.4 Å². The minimum absolute atomic E-state index is 0.721. The van der Waals surface area contributed by atoms with Crippen molar-refractivity contribution >= 4 is 11.6 Å². The van der Waals surface area contributed by atoms with Gasteiger partial charge in [0, 0.05) is 5.88 Å². The Morgan fingerprint density at radius 2 is 1.81 bits per heavy atom. The molecule has 0 amide bonds. The number of hydrogen-bond acceptors (Lipinski definition) is 0. The average Bonchev–Trinajstić information content (AvgIpc) is 2.27. The zero-order valence-corrected chi connectivity index (χ0v) is 11.7. The van der Waals surface area contributed by atoms with Crippen molar-refractivity contribution in [1.82, 2.24) is 0 Å². The number of unbranched alkanes of at least 4 members (excludes halogenated alkanes) is 4. The van der Waals surface area contributed by atoms with Crippen molar-refractivity contribution in [2.24, 2.45) is 5.92 Å². The van der Waals surface area contributed by atoms with Gasteiger partial charge in [-0.2, -0.15) is 0 Å². The maximum absolute atomic E-state index is 5.62. The molecule has 94 valence electrons. The second kappa shape index (κ2) is 12.8. The lowest BCUT2D eigenvalue weighted by atomic mass is 10.1. The number of alkyl halides is 1. The van der Waals surface area contributed by atoms with Crippen LogP contribution in [0, 0.1) is 5.92 Å². The highest BCUT2D eigenvalue weighted by Gasteiger charge is 1.91. The fourth-order valence-corrected chi connectivity index (χ4v) is 1.88. The Balaban J connectivity index is 3.33. The van der Waals surface area contributed by atoms with Crippen molar-refractivity contribution < 1.29 is 0 Å². The van der Waals surface area contributed by atoms with E-state index in [-0.39, 0.29) is 0 Å². The van der Waals surface area contributed by atoms with E-state index in [2.05, 4.69) is 38.2 Å². The molecule has 0 spiro atoms. The van der Waals surface area contributed by atoms with E-state index in [1.807, 2.05) is 0 Å². The second-order valence-corrected chi connectivity index (χ2v) is 4.85. The summed E-state index contributed by atoms with van der Waals surface area (Å²) in [5, 5.41) is 0. The Kier molecular flexibility index (Phi) is 12.7. The first-order chi connectivity index (χ1) is 7.81. The topological polar surface area (TPSA) is 0 Å². The number of allylic oxidation sites excluding steroid dienone is 4. The monoisotopic (exact) mass is 242 g/mol. The molecule has 1 atom stereocenters. The van der Waals surface area contributed by atoms with E-state index in [0.29, 0.717) is 0 Å². The van der Waals surface area contributed by atoms with Gasteiger partial charge in [0.2, 0.25) is 0 Å². The molecule has 0 bridgehead atoms. The van der Waals surface area contributed by atoms with Gasteiger partial charge in [-0.05, 0) is 31.6 Å². The van der Waals surface area contributed by atoms with E-state index in [1.165, 1.54) is 44.9 Å². The van der Waals surface area contributed by atoms with E-state index in [4.69, 9.17) is 11.6 Å². The fourth-order valence-electron chi connectivity index (χ4n) is 1.69. The van der Waals surface area contributed by atoms with Crippen LogP contribution in [0.5, 0.6) is 0 Å². The summed E-state index contributed by atoms with van der Waals surface area (Å²) < 4.78 is 0. The third-order valence-electron chi connectivity index (χ3n) is 2.69. The Morgan fingerprint density at radius 1 is 1.06 bits per heavy atom. The minimum Gasteiger partial charge on any atom is -0.127 e. The average molecular weight is 243 g/mol. The van der Waals surface area contributed by atoms with E-state index in [9.17, 15) is 0 Å². The van der Waals surface area contributed by atoms with Gasteiger partial charge in [0.05, 0.1) is 0 Å².